The minimum Gasteiger partial charge on any atom is -0.361 e. The Balaban J connectivity index is 2.23. The Morgan fingerprint density at radius 3 is 3.14 bits per heavy atom. The first-order chi connectivity index (χ1) is 6.63. The van der Waals surface area contributed by atoms with E-state index < -0.39 is 10.0 Å². The predicted octanol–water partition coefficient (Wildman–Crippen LogP) is 0.382. The average Bonchev–Trinajstić information content (AvgIpc) is 2.64. The molecule has 0 radical (unpaired) electrons. The molecule has 0 aromatic carbocycles. The van der Waals surface area contributed by atoms with E-state index in [-0.39, 0.29) is 5.75 Å². The standard InChI is InChI=1S/C8H12N2O3S/c1-2-14(11,12)10-4-3-8-7(6-10)5-9-13-8/h5H,2-4,6H2,1H3. The highest BCUT2D eigenvalue weighted by Gasteiger charge is 2.27. The Kier molecular flexibility index (Phi) is 2.32. The van der Waals surface area contributed by atoms with Crippen molar-refractivity contribution in [1.29, 1.82) is 0 Å². The van der Waals surface area contributed by atoms with Gasteiger partial charge in [0, 0.05) is 25.1 Å². The molecule has 0 N–H and O–H groups in total. The number of hydrogen-bond acceptors (Lipinski definition) is 4. The molecule has 6 heteroatoms. The first-order valence-electron chi connectivity index (χ1n) is 4.53. The summed E-state index contributed by atoms with van der Waals surface area (Å²) < 4.78 is 29.6. The lowest BCUT2D eigenvalue weighted by molar-refractivity contribution is 0.331. The zero-order valence-corrected chi connectivity index (χ0v) is 8.75. The summed E-state index contributed by atoms with van der Waals surface area (Å²) in [6, 6.07) is 0. The van der Waals surface area contributed by atoms with Gasteiger partial charge in [0.15, 0.2) is 0 Å². The third-order valence-electron chi connectivity index (χ3n) is 2.42. The summed E-state index contributed by atoms with van der Waals surface area (Å²) in [5.41, 5.74) is 0.883. The van der Waals surface area contributed by atoms with E-state index in [2.05, 4.69) is 5.16 Å². The smallest absolute Gasteiger partial charge is 0.214 e. The number of nitrogens with zero attached hydrogens (tertiary/aromatic N) is 2. The lowest BCUT2D eigenvalue weighted by Crippen LogP contribution is -2.36. The molecule has 1 aromatic rings. The monoisotopic (exact) mass is 216 g/mol. The molecular weight excluding hydrogens is 204 g/mol. The lowest BCUT2D eigenvalue weighted by Gasteiger charge is -2.24. The van der Waals surface area contributed by atoms with Crippen molar-refractivity contribution >= 4 is 10.0 Å². The number of sulfonamides is 1. The van der Waals surface area contributed by atoms with E-state index in [1.807, 2.05) is 0 Å². The van der Waals surface area contributed by atoms with Gasteiger partial charge in [0.1, 0.15) is 5.76 Å². The molecule has 0 atom stereocenters. The highest BCUT2D eigenvalue weighted by Crippen LogP contribution is 2.20. The van der Waals surface area contributed by atoms with Gasteiger partial charge in [0.2, 0.25) is 10.0 Å². The van der Waals surface area contributed by atoms with E-state index in [0.717, 1.165) is 11.3 Å². The van der Waals surface area contributed by atoms with Crippen LogP contribution in [0.5, 0.6) is 0 Å². The number of aromatic nitrogens is 1. The predicted molar refractivity (Wildman–Crippen MR) is 50.1 cm³/mol. The van der Waals surface area contributed by atoms with Crippen molar-refractivity contribution in [3.05, 3.63) is 17.5 Å². The van der Waals surface area contributed by atoms with Crippen LogP contribution in [0.2, 0.25) is 0 Å². The van der Waals surface area contributed by atoms with Crippen molar-refractivity contribution in [1.82, 2.24) is 9.46 Å². The number of fused-ring (bicyclic) bond motifs is 1. The molecule has 2 heterocycles. The molecule has 0 amide bonds. The van der Waals surface area contributed by atoms with Crippen LogP contribution in [0.1, 0.15) is 18.2 Å². The highest BCUT2D eigenvalue weighted by molar-refractivity contribution is 7.89. The SMILES string of the molecule is CCS(=O)(=O)N1CCc2oncc2C1. The van der Waals surface area contributed by atoms with Crippen LogP contribution in [0.4, 0.5) is 0 Å². The number of hydrogen-bond donors (Lipinski definition) is 0. The molecule has 0 spiro atoms. The van der Waals surface area contributed by atoms with E-state index in [1.54, 1.807) is 13.1 Å². The van der Waals surface area contributed by atoms with Gasteiger partial charge < -0.3 is 4.52 Å². The summed E-state index contributed by atoms with van der Waals surface area (Å²) >= 11 is 0. The molecule has 0 bridgehead atoms. The zero-order valence-electron chi connectivity index (χ0n) is 7.93. The van der Waals surface area contributed by atoms with Crippen molar-refractivity contribution < 1.29 is 12.9 Å². The van der Waals surface area contributed by atoms with Gasteiger partial charge in [-0.2, -0.15) is 4.31 Å². The van der Waals surface area contributed by atoms with Crippen LogP contribution in [0.3, 0.4) is 0 Å². The summed E-state index contributed by atoms with van der Waals surface area (Å²) in [6.07, 6.45) is 2.21. The van der Waals surface area contributed by atoms with Crippen molar-refractivity contribution in [2.45, 2.75) is 19.9 Å². The van der Waals surface area contributed by atoms with Crippen LogP contribution >= 0.6 is 0 Å². The molecule has 1 aliphatic heterocycles. The van der Waals surface area contributed by atoms with Gasteiger partial charge in [-0.1, -0.05) is 5.16 Å². The summed E-state index contributed by atoms with van der Waals surface area (Å²) in [6.45, 7) is 2.55. The maximum atomic E-state index is 11.6. The first-order valence-corrected chi connectivity index (χ1v) is 6.14. The molecule has 0 aliphatic carbocycles. The summed E-state index contributed by atoms with van der Waals surface area (Å²) in [5.74, 6) is 0.959. The maximum Gasteiger partial charge on any atom is 0.214 e. The van der Waals surface area contributed by atoms with Crippen LogP contribution in [-0.4, -0.2) is 30.2 Å². The minimum atomic E-state index is -3.08. The van der Waals surface area contributed by atoms with E-state index in [9.17, 15) is 8.42 Å². The molecule has 0 unspecified atom stereocenters. The van der Waals surface area contributed by atoms with Gasteiger partial charge in [-0.3, -0.25) is 0 Å². The fourth-order valence-corrected chi connectivity index (χ4v) is 2.61. The van der Waals surface area contributed by atoms with Crippen molar-refractivity contribution in [3.8, 4) is 0 Å². The van der Waals surface area contributed by atoms with E-state index in [0.29, 0.717) is 19.5 Å². The molecular formula is C8H12N2O3S. The molecule has 78 valence electrons. The molecule has 5 nitrogen and oxygen atoms in total. The van der Waals surface area contributed by atoms with Crippen LogP contribution in [0, 0.1) is 0 Å². The van der Waals surface area contributed by atoms with E-state index in [4.69, 9.17) is 4.52 Å². The summed E-state index contributed by atoms with van der Waals surface area (Å²) in [4.78, 5) is 0. The Morgan fingerprint density at radius 1 is 1.64 bits per heavy atom. The molecule has 0 saturated carbocycles. The van der Waals surface area contributed by atoms with Crippen LogP contribution in [-0.2, 0) is 23.0 Å². The molecule has 0 fully saturated rings. The Hall–Kier alpha value is -0.880. The van der Waals surface area contributed by atoms with Gasteiger partial charge >= 0.3 is 0 Å². The molecule has 14 heavy (non-hydrogen) atoms. The zero-order chi connectivity index (χ0) is 10.2. The highest BCUT2D eigenvalue weighted by atomic mass is 32.2. The average molecular weight is 216 g/mol. The Bertz CT molecular complexity index is 424. The fourth-order valence-electron chi connectivity index (χ4n) is 1.53. The van der Waals surface area contributed by atoms with Crippen LogP contribution in [0.15, 0.2) is 10.7 Å². The Labute approximate surface area is 82.7 Å². The third-order valence-corrected chi connectivity index (χ3v) is 4.25. The molecule has 1 aliphatic rings. The van der Waals surface area contributed by atoms with Crippen molar-refractivity contribution in [3.63, 3.8) is 0 Å². The maximum absolute atomic E-state index is 11.6. The van der Waals surface area contributed by atoms with Gasteiger partial charge in [-0.25, -0.2) is 8.42 Å². The second kappa shape index (κ2) is 3.36. The third kappa shape index (κ3) is 1.55. The molecule has 2 rings (SSSR count). The van der Waals surface area contributed by atoms with Crippen LogP contribution < -0.4 is 0 Å². The molecule has 1 aromatic heterocycles. The van der Waals surface area contributed by atoms with Crippen molar-refractivity contribution in [2.75, 3.05) is 12.3 Å². The second-order valence-electron chi connectivity index (χ2n) is 3.26. The normalized spacial score (nSPS) is 18.1. The van der Waals surface area contributed by atoms with Crippen molar-refractivity contribution in [2.24, 2.45) is 0 Å². The number of rotatable bonds is 2. The topological polar surface area (TPSA) is 63.4 Å². The van der Waals surface area contributed by atoms with Gasteiger partial charge in [0.25, 0.3) is 0 Å². The van der Waals surface area contributed by atoms with Gasteiger partial charge in [-0.15, -0.1) is 0 Å². The van der Waals surface area contributed by atoms with Crippen LogP contribution in [0.25, 0.3) is 0 Å². The van der Waals surface area contributed by atoms with Gasteiger partial charge in [-0.05, 0) is 6.92 Å². The fraction of sp³-hybridized carbons (Fsp3) is 0.625. The first kappa shape index (κ1) is 9.67. The molecule has 0 saturated heterocycles. The lowest BCUT2D eigenvalue weighted by atomic mass is 10.1. The minimum absolute atomic E-state index is 0.146. The van der Waals surface area contributed by atoms with Gasteiger partial charge in [0.05, 0.1) is 11.9 Å². The second-order valence-corrected chi connectivity index (χ2v) is 5.52. The van der Waals surface area contributed by atoms with E-state index in [1.165, 1.54) is 4.31 Å². The summed E-state index contributed by atoms with van der Waals surface area (Å²) in [7, 11) is -3.08. The largest absolute Gasteiger partial charge is 0.361 e. The summed E-state index contributed by atoms with van der Waals surface area (Å²) in [5, 5.41) is 3.65. The van der Waals surface area contributed by atoms with E-state index >= 15 is 0 Å². The quantitative estimate of drug-likeness (QED) is 0.717. The Morgan fingerprint density at radius 2 is 2.43 bits per heavy atom.